The number of aryl methyl sites for hydroxylation is 1. The summed E-state index contributed by atoms with van der Waals surface area (Å²) >= 11 is 0. The molecule has 0 N–H and O–H groups in total. The van der Waals surface area contributed by atoms with Crippen LogP contribution in [0, 0.1) is 6.92 Å². The number of rotatable bonds is 3. The zero-order chi connectivity index (χ0) is 16.3. The Balaban J connectivity index is 1.56. The molecule has 0 radical (unpaired) electrons. The van der Waals surface area contributed by atoms with Crippen molar-refractivity contribution in [2.75, 3.05) is 0 Å². The smallest absolute Gasteiger partial charge is 0.0784 e. The molecule has 4 heteroatoms. The average molecular weight is 325 g/mol. The normalized spacial score (nSPS) is 29.1. The zero-order valence-corrected chi connectivity index (χ0v) is 14.7. The summed E-state index contributed by atoms with van der Waals surface area (Å²) in [5.41, 5.74) is 3.89. The standard InChI is InChI=1S/C20H27N3O/c1-13-11-19(23(24-13)17-8-9-17)15-7-10-18-14(2)21-22(20(18)12-15)16-5-3-4-6-16/h7,10,12-13,16-17,19H,3-6,8-9,11H2,1-2H3. The molecule has 5 rings (SSSR count). The maximum Gasteiger partial charge on any atom is 0.0784 e. The van der Waals surface area contributed by atoms with Crippen molar-refractivity contribution in [1.82, 2.24) is 14.8 Å². The van der Waals surface area contributed by atoms with E-state index in [1.54, 1.807) is 0 Å². The molecule has 2 aromatic rings. The monoisotopic (exact) mass is 325 g/mol. The lowest BCUT2D eigenvalue weighted by atomic mass is 10.00. The Morgan fingerprint density at radius 2 is 1.88 bits per heavy atom. The van der Waals surface area contributed by atoms with Crippen molar-refractivity contribution < 1.29 is 4.84 Å². The van der Waals surface area contributed by atoms with Crippen LogP contribution in [0.15, 0.2) is 18.2 Å². The molecule has 0 amide bonds. The van der Waals surface area contributed by atoms with Gasteiger partial charge in [-0.25, -0.2) is 0 Å². The fourth-order valence-electron chi connectivity index (χ4n) is 4.64. The summed E-state index contributed by atoms with van der Waals surface area (Å²) in [5, 5.41) is 8.49. The zero-order valence-electron chi connectivity index (χ0n) is 14.7. The maximum absolute atomic E-state index is 6.11. The van der Waals surface area contributed by atoms with Crippen LogP contribution >= 0.6 is 0 Å². The first kappa shape index (κ1) is 14.9. The van der Waals surface area contributed by atoms with Crippen LogP contribution in [0.5, 0.6) is 0 Å². The average Bonchev–Trinajstić information content (AvgIpc) is 3.00. The highest BCUT2D eigenvalue weighted by Crippen LogP contribution is 2.43. The summed E-state index contributed by atoms with van der Waals surface area (Å²) in [6, 6.07) is 8.62. The quantitative estimate of drug-likeness (QED) is 0.820. The number of benzene rings is 1. The first-order valence-corrected chi connectivity index (χ1v) is 9.64. The summed E-state index contributed by atoms with van der Waals surface area (Å²) in [6.07, 6.45) is 9.22. The number of nitrogens with zero attached hydrogens (tertiary/aromatic N) is 3. The van der Waals surface area contributed by atoms with Crippen molar-refractivity contribution in [2.45, 2.75) is 83.0 Å². The Hall–Kier alpha value is -1.39. The fourth-order valence-corrected chi connectivity index (χ4v) is 4.64. The molecule has 2 saturated carbocycles. The van der Waals surface area contributed by atoms with Gasteiger partial charge in [0.15, 0.2) is 0 Å². The van der Waals surface area contributed by atoms with E-state index in [0.29, 0.717) is 24.2 Å². The number of fused-ring (bicyclic) bond motifs is 1. The maximum atomic E-state index is 6.11. The van der Waals surface area contributed by atoms with E-state index in [2.05, 4.69) is 41.8 Å². The van der Waals surface area contributed by atoms with E-state index in [9.17, 15) is 0 Å². The van der Waals surface area contributed by atoms with Crippen LogP contribution in [0.1, 0.15) is 75.2 Å². The highest BCUT2D eigenvalue weighted by atomic mass is 16.7. The van der Waals surface area contributed by atoms with Gasteiger partial charge >= 0.3 is 0 Å². The lowest BCUT2D eigenvalue weighted by Gasteiger charge is -2.23. The lowest BCUT2D eigenvalue weighted by Crippen LogP contribution is -2.24. The van der Waals surface area contributed by atoms with Gasteiger partial charge in [-0.15, -0.1) is 0 Å². The molecule has 0 bridgehead atoms. The highest BCUT2D eigenvalue weighted by Gasteiger charge is 2.41. The van der Waals surface area contributed by atoms with E-state index in [4.69, 9.17) is 9.94 Å². The molecule has 1 aliphatic heterocycles. The molecule has 1 aromatic heterocycles. The summed E-state index contributed by atoms with van der Waals surface area (Å²) in [4.78, 5) is 6.11. The number of hydroxylamine groups is 2. The first-order chi connectivity index (χ1) is 11.7. The van der Waals surface area contributed by atoms with Crippen LogP contribution in [0.3, 0.4) is 0 Å². The third-order valence-electron chi connectivity index (χ3n) is 6.04. The fraction of sp³-hybridized carbons (Fsp3) is 0.650. The highest BCUT2D eigenvalue weighted by molar-refractivity contribution is 5.82. The minimum atomic E-state index is 0.327. The van der Waals surface area contributed by atoms with Crippen molar-refractivity contribution in [3.8, 4) is 0 Å². The molecule has 1 saturated heterocycles. The van der Waals surface area contributed by atoms with Gasteiger partial charge in [-0.05, 0) is 57.6 Å². The Labute approximate surface area is 143 Å². The summed E-state index contributed by atoms with van der Waals surface area (Å²) in [6.45, 7) is 4.34. The van der Waals surface area contributed by atoms with Gasteiger partial charge in [0, 0.05) is 11.4 Å². The van der Waals surface area contributed by atoms with Crippen LogP contribution < -0.4 is 0 Å². The van der Waals surface area contributed by atoms with Gasteiger partial charge < -0.3 is 0 Å². The third kappa shape index (κ3) is 2.39. The van der Waals surface area contributed by atoms with E-state index in [0.717, 1.165) is 6.42 Å². The summed E-state index contributed by atoms with van der Waals surface area (Å²) in [7, 11) is 0. The Morgan fingerprint density at radius 1 is 1.08 bits per heavy atom. The van der Waals surface area contributed by atoms with Crippen molar-refractivity contribution in [3.63, 3.8) is 0 Å². The predicted octanol–water partition coefficient (Wildman–Crippen LogP) is 4.69. The van der Waals surface area contributed by atoms with Crippen LogP contribution in [0.25, 0.3) is 10.9 Å². The molecule has 2 unspecified atom stereocenters. The molecule has 1 aromatic carbocycles. The van der Waals surface area contributed by atoms with Crippen molar-refractivity contribution in [2.24, 2.45) is 0 Å². The number of hydrogen-bond donors (Lipinski definition) is 0. The van der Waals surface area contributed by atoms with Crippen LogP contribution in [-0.4, -0.2) is 27.0 Å². The van der Waals surface area contributed by atoms with Crippen molar-refractivity contribution in [3.05, 3.63) is 29.5 Å². The second-order valence-electron chi connectivity index (χ2n) is 8.00. The first-order valence-electron chi connectivity index (χ1n) is 9.64. The largest absolute Gasteiger partial charge is 0.295 e. The minimum absolute atomic E-state index is 0.327. The SMILES string of the molecule is Cc1nn(C2CCCC2)c2cc(C3CC(C)ON3C3CC3)ccc12. The Morgan fingerprint density at radius 3 is 2.62 bits per heavy atom. The minimum Gasteiger partial charge on any atom is -0.295 e. The van der Waals surface area contributed by atoms with E-state index in [-0.39, 0.29) is 0 Å². The molecular weight excluding hydrogens is 298 g/mol. The van der Waals surface area contributed by atoms with Gasteiger partial charge in [0.05, 0.1) is 29.4 Å². The van der Waals surface area contributed by atoms with Crippen molar-refractivity contribution >= 4 is 10.9 Å². The third-order valence-corrected chi connectivity index (χ3v) is 6.04. The van der Waals surface area contributed by atoms with E-state index >= 15 is 0 Å². The van der Waals surface area contributed by atoms with E-state index < -0.39 is 0 Å². The van der Waals surface area contributed by atoms with Gasteiger partial charge in [0.2, 0.25) is 0 Å². The number of aromatic nitrogens is 2. The van der Waals surface area contributed by atoms with Gasteiger partial charge in [-0.2, -0.15) is 10.2 Å². The molecule has 0 spiro atoms. The van der Waals surface area contributed by atoms with Crippen LogP contribution in [0.2, 0.25) is 0 Å². The van der Waals surface area contributed by atoms with Gasteiger partial charge in [0.1, 0.15) is 0 Å². The Kier molecular flexibility index (Phi) is 3.46. The second kappa shape index (κ2) is 5.57. The van der Waals surface area contributed by atoms with Gasteiger partial charge in [-0.3, -0.25) is 9.52 Å². The second-order valence-corrected chi connectivity index (χ2v) is 8.00. The molecule has 3 fully saturated rings. The van der Waals surface area contributed by atoms with E-state index in [1.807, 2.05) is 0 Å². The lowest BCUT2D eigenvalue weighted by molar-refractivity contribution is -0.166. The Bertz CT molecular complexity index is 758. The molecular formula is C20H27N3O. The predicted molar refractivity (Wildman–Crippen MR) is 94.7 cm³/mol. The van der Waals surface area contributed by atoms with E-state index in [1.165, 1.54) is 60.7 Å². The summed E-state index contributed by atoms with van der Waals surface area (Å²) in [5.74, 6) is 0. The molecule has 2 heterocycles. The molecule has 128 valence electrons. The molecule has 24 heavy (non-hydrogen) atoms. The van der Waals surface area contributed by atoms with Gasteiger partial charge in [-0.1, -0.05) is 25.0 Å². The topological polar surface area (TPSA) is 30.3 Å². The summed E-state index contributed by atoms with van der Waals surface area (Å²) < 4.78 is 2.32. The molecule has 2 aliphatic carbocycles. The molecule has 4 nitrogen and oxygen atoms in total. The van der Waals surface area contributed by atoms with Crippen LogP contribution in [0.4, 0.5) is 0 Å². The molecule has 3 aliphatic rings. The van der Waals surface area contributed by atoms with Crippen molar-refractivity contribution in [1.29, 1.82) is 0 Å². The van der Waals surface area contributed by atoms with Gasteiger partial charge in [0.25, 0.3) is 0 Å². The molecule has 2 atom stereocenters. The number of hydrogen-bond acceptors (Lipinski definition) is 3. The van der Waals surface area contributed by atoms with Crippen LogP contribution in [-0.2, 0) is 4.84 Å².